The molecule has 0 saturated heterocycles. The van der Waals surface area contributed by atoms with Crippen LogP contribution in [0.2, 0.25) is 0 Å². The number of carboxylic acids is 1. The molecule has 7 heteroatoms. The number of hydrogen-bond donors (Lipinski definition) is 4. The fraction of sp³-hybridized carbons (Fsp3) is 0.143. The lowest BCUT2D eigenvalue weighted by Crippen LogP contribution is -2.28. The molecule has 0 radical (unpaired) electrons. The number of benzene rings is 1. The third-order valence-corrected chi connectivity index (χ3v) is 2.73. The molecule has 0 aliphatic rings. The first kappa shape index (κ1) is 14.4. The maximum absolute atomic E-state index is 11.7. The third kappa shape index (κ3) is 3.53. The number of amides is 2. The van der Waals surface area contributed by atoms with Gasteiger partial charge in [-0.15, -0.1) is 0 Å². The van der Waals surface area contributed by atoms with E-state index >= 15 is 0 Å². The number of anilines is 1. The predicted octanol–water partition coefficient (Wildman–Crippen LogP) is 2.31. The van der Waals surface area contributed by atoms with E-state index in [0.29, 0.717) is 5.76 Å². The minimum Gasteiger partial charge on any atom is -0.505 e. The second-order valence-electron chi connectivity index (χ2n) is 4.33. The summed E-state index contributed by atoms with van der Waals surface area (Å²) in [7, 11) is 0. The second kappa shape index (κ2) is 6.00. The molecule has 0 atom stereocenters. The van der Waals surface area contributed by atoms with Crippen LogP contribution in [0.4, 0.5) is 10.5 Å². The van der Waals surface area contributed by atoms with E-state index < -0.39 is 17.7 Å². The molecule has 0 bridgehead atoms. The van der Waals surface area contributed by atoms with Gasteiger partial charge in [0.15, 0.2) is 5.75 Å². The molecule has 0 unspecified atom stereocenters. The van der Waals surface area contributed by atoms with E-state index in [2.05, 4.69) is 10.6 Å². The molecule has 110 valence electrons. The number of furan rings is 1. The molecule has 4 N–H and O–H groups in total. The summed E-state index contributed by atoms with van der Waals surface area (Å²) in [5.41, 5.74) is -0.266. The van der Waals surface area contributed by atoms with Crippen LogP contribution in [-0.2, 0) is 6.54 Å². The Morgan fingerprint density at radius 3 is 2.62 bits per heavy atom. The Kier molecular flexibility index (Phi) is 4.13. The van der Waals surface area contributed by atoms with Crippen molar-refractivity contribution >= 4 is 17.7 Å². The third-order valence-electron chi connectivity index (χ3n) is 2.73. The van der Waals surface area contributed by atoms with E-state index in [0.717, 1.165) is 5.76 Å². The average Bonchev–Trinajstić information content (AvgIpc) is 2.84. The number of phenols is 1. The first-order valence-corrected chi connectivity index (χ1v) is 6.13. The predicted molar refractivity (Wildman–Crippen MR) is 74.4 cm³/mol. The Morgan fingerprint density at radius 1 is 1.24 bits per heavy atom. The van der Waals surface area contributed by atoms with Crippen molar-refractivity contribution in [2.45, 2.75) is 13.5 Å². The van der Waals surface area contributed by atoms with Gasteiger partial charge >= 0.3 is 12.0 Å². The van der Waals surface area contributed by atoms with Crippen LogP contribution in [-0.4, -0.2) is 22.2 Å². The SMILES string of the molecule is Cc1ccc(CNC(=O)Nc2cccc(C(=O)O)c2O)o1. The number of rotatable bonds is 4. The van der Waals surface area contributed by atoms with Gasteiger partial charge < -0.3 is 25.3 Å². The fourth-order valence-electron chi connectivity index (χ4n) is 1.73. The monoisotopic (exact) mass is 290 g/mol. The summed E-state index contributed by atoms with van der Waals surface area (Å²) < 4.78 is 5.29. The Bertz CT molecular complexity index is 678. The van der Waals surface area contributed by atoms with Gasteiger partial charge in [0, 0.05) is 0 Å². The highest BCUT2D eigenvalue weighted by Gasteiger charge is 2.14. The number of carboxylic acid groups (broad SMARTS) is 1. The van der Waals surface area contributed by atoms with Crippen LogP contribution in [0.1, 0.15) is 21.9 Å². The van der Waals surface area contributed by atoms with Crippen molar-refractivity contribution in [3.05, 3.63) is 47.4 Å². The molecule has 0 spiro atoms. The smallest absolute Gasteiger partial charge is 0.339 e. The topological polar surface area (TPSA) is 112 Å². The van der Waals surface area contributed by atoms with Crippen molar-refractivity contribution in [2.75, 3.05) is 5.32 Å². The van der Waals surface area contributed by atoms with Gasteiger partial charge in [0.25, 0.3) is 0 Å². The number of carbonyl (C=O) groups is 2. The molecule has 2 rings (SSSR count). The zero-order chi connectivity index (χ0) is 15.4. The Labute approximate surface area is 120 Å². The highest BCUT2D eigenvalue weighted by molar-refractivity contribution is 5.97. The van der Waals surface area contributed by atoms with Crippen LogP contribution in [0, 0.1) is 6.92 Å². The number of aromatic carboxylic acids is 1. The maximum atomic E-state index is 11.7. The van der Waals surface area contributed by atoms with E-state index in [1.807, 2.05) is 0 Å². The van der Waals surface area contributed by atoms with Gasteiger partial charge in [-0.05, 0) is 31.2 Å². The first-order valence-electron chi connectivity index (χ1n) is 6.13. The highest BCUT2D eigenvalue weighted by Crippen LogP contribution is 2.27. The summed E-state index contributed by atoms with van der Waals surface area (Å²) in [6.45, 7) is 1.97. The minimum atomic E-state index is -1.28. The molecule has 1 aromatic carbocycles. The Hall–Kier alpha value is -2.96. The standard InChI is InChI=1S/C14H14N2O5/c1-8-5-6-9(21-8)7-15-14(20)16-11-4-2-3-10(12(11)17)13(18)19/h2-6,17H,7H2,1H3,(H,18,19)(H2,15,16,20). The molecule has 21 heavy (non-hydrogen) atoms. The number of aromatic hydroxyl groups is 1. The van der Waals surface area contributed by atoms with Crippen LogP contribution < -0.4 is 10.6 Å². The second-order valence-corrected chi connectivity index (χ2v) is 4.33. The molecule has 2 amide bonds. The van der Waals surface area contributed by atoms with Crippen molar-refractivity contribution < 1.29 is 24.2 Å². The number of aryl methyl sites for hydroxylation is 1. The lowest BCUT2D eigenvalue weighted by Gasteiger charge is -2.09. The molecule has 7 nitrogen and oxygen atoms in total. The van der Waals surface area contributed by atoms with Gasteiger partial charge in [0.05, 0.1) is 12.2 Å². The molecule has 0 aliphatic heterocycles. The minimum absolute atomic E-state index is 0.0167. The van der Waals surface area contributed by atoms with Crippen LogP contribution in [0.25, 0.3) is 0 Å². The highest BCUT2D eigenvalue weighted by atomic mass is 16.4. The average molecular weight is 290 g/mol. The summed E-state index contributed by atoms with van der Waals surface area (Å²) in [4.78, 5) is 22.6. The summed E-state index contributed by atoms with van der Waals surface area (Å²) in [6.07, 6.45) is 0. The summed E-state index contributed by atoms with van der Waals surface area (Å²) in [5, 5.41) is 23.5. The number of carbonyl (C=O) groups excluding carboxylic acids is 1. The quantitative estimate of drug-likeness (QED) is 0.645. The van der Waals surface area contributed by atoms with Crippen LogP contribution in [0.15, 0.2) is 34.7 Å². The van der Waals surface area contributed by atoms with Gasteiger partial charge in [-0.1, -0.05) is 6.07 Å². The van der Waals surface area contributed by atoms with Crippen LogP contribution in [0.3, 0.4) is 0 Å². The van der Waals surface area contributed by atoms with E-state index in [9.17, 15) is 14.7 Å². The molecule has 0 fully saturated rings. The fourth-order valence-corrected chi connectivity index (χ4v) is 1.73. The molecule has 1 aromatic heterocycles. The van der Waals surface area contributed by atoms with Gasteiger partial charge in [0.1, 0.15) is 17.1 Å². The van der Waals surface area contributed by atoms with Gasteiger partial charge in [0.2, 0.25) is 0 Å². The van der Waals surface area contributed by atoms with E-state index in [1.54, 1.807) is 19.1 Å². The molecule has 0 aliphatic carbocycles. The number of nitrogens with one attached hydrogen (secondary N) is 2. The zero-order valence-corrected chi connectivity index (χ0v) is 11.2. The molecule has 2 aromatic rings. The summed E-state index contributed by atoms with van der Waals surface area (Å²) >= 11 is 0. The van der Waals surface area contributed by atoms with Crippen molar-refractivity contribution in [1.82, 2.24) is 5.32 Å². The Balaban J connectivity index is 1.99. The Morgan fingerprint density at radius 2 is 2.00 bits per heavy atom. The lowest BCUT2D eigenvalue weighted by atomic mass is 10.2. The van der Waals surface area contributed by atoms with Gasteiger partial charge in [-0.25, -0.2) is 9.59 Å². The molecule has 1 heterocycles. The van der Waals surface area contributed by atoms with Crippen LogP contribution >= 0.6 is 0 Å². The zero-order valence-electron chi connectivity index (χ0n) is 11.2. The van der Waals surface area contributed by atoms with E-state index in [1.165, 1.54) is 18.2 Å². The van der Waals surface area contributed by atoms with Gasteiger partial charge in [-0.2, -0.15) is 0 Å². The van der Waals surface area contributed by atoms with E-state index in [-0.39, 0.29) is 17.8 Å². The first-order chi connectivity index (χ1) is 9.97. The summed E-state index contributed by atoms with van der Waals surface area (Å²) in [5.74, 6) is -0.443. The van der Waals surface area contributed by atoms with Crippen molar-refractivity contribution in [3.63, 3.8) is 0 Å². The van der Waals surface area contributed by atoms with Crippen molar-refractivity contribution in [2.24, 2.45) is 0 Å². The van der Waals surface area contributed by atoms with Crippen molar-refractivity contribution in [1.29, 1.82) is 0 Å². The largest absolute Gasteiger partial charge is 0.505 e. The lowest BCUT2D eigenvalue weighted by molar-refractivity contribution is 0.0693. The maximum Gasteiger partial charge on any atom is 0.339 e. The number of hydrogen-bond acceptors (Lipinski definition) is 4. The molecular weight excluding hydrogens is 276 g/mol. The van der Waals surface area contributed by atoms with E-state index in [4.69, 9.17) is 9.52 Å². The molecule has 0 saturated carbocycles. The normalized spacial score (nSPS) is 10.1. The number of urea groups is 1. The number of para-hydroxylation sites is 1. The molecular formula is C14H14N2O5. The van der Waals surface area contributed by atoms with Crippen molar-refractivity contribution in [3.8, 4) is 5.75 Å². The summed E-state index contributed by atoms with van der Waals surface area (Å²) in [6, 6.07) is 7.00. The van der Waals surface area contributed by atoms with Crippen LogP contribution in [0.5, 0.6) is 5.75 Å². The van der Waals surface area contributed by atoms with Gasteiger partial charge in [-0.3, -0.25) is 0 Å².